The van der Waals surface area contributed by atoms with Crippen molar-refractivity contribution in [2.24, 2.45) is 5.92 Å². The summed E-state index contributed by atoms with van der Waals surface area (Å²) in [6, 6.07) is 10.6. The Hall–Kier alpha value is -1.33. The first-order valence-electron chi connectivity index (χ1n) is 5.50. The lowest BCUT2D eigenvalue weighted by atomic mass is 9.82. The van der Waals surface area contributed by atoms with Crippen molar-refractivity contribution in [2.75, 3.05) is 0 Å². The van der Waals surface area contributed by atoms with Gasteiger partial charge in [-0.2, -0.15) is 5.26 Å². The Morgan fingerprint density at radius 2 is 2.00 bits per heavy atom. The summed E-state index contributed by atoms with van der Waals surface area (Å²) in [5, 5.41) is 12.2. The zero-order valence-electron chi connectivity index (χ0n) is 9.03. The first-order chi connectivity index (χ1) is 7.28. The van der Waals surface area contributed by atoms with Crippen LogP contribution in [-0.4, -0.2) is 6.04 Å². The standard InChI is InChI=1S/C13H16N2/c1-10-6-13(7-10)15-9-12-4-2-11(8-14)3-5-12/h2-5,10,13,15H,6-7,9H2,1H3. The molecule has 1 saturated carbocycles. The van der Waals surface area contributed by atoms with Crippen LogP contribution in [0.1, 0.15) is 30.9 Å². The molecular weight excluding hydrogens is 184 g/mol. The van der Waals surface area contributed by atoms with Gasteiger partial charge in [-0.15, -0.1) is 0 Å². The van der Waals surface area contributed by atoms with Crippen LogP contribution >= 0.6 is 0 Å². The maximum absolute atomic E-state index is 8.66. The predicted octanol–water partition coefficient (Wildman–Crippen LogP) is 2.45. The molecule has 0 saturated heterocycles. The van der Waals surface area contributed by atoms with Gasteiger partial charge in [-0.05, 0) is 36.5 Å². The molecule has 0 radical (unpaired) electrons. The van der Waals surface area contributed by atoms with E-state index in [0.717, 1.165) is 18.0 Å². The molecule has 2 nitrogen and oxygen atoms in total. The third kappa shape index (κ3) is 2.57. The molecule has 0 atom stereocenters. The third-order valence-electron chi connectivity index (χ3n) is 3.05. The summed E-state index contributed by atoms with van der Waals surface area (Å²) in [7, 11) is 0. The van der Waals surface area contributed by atoms with E-state index >= 15 is 0 Å². The van der Waals surface area contributed by atoms with E-state index < -0.39 is 0 Å². The fourth-order valence-electron chi connectivity index (χ4n) is 2.03. The Balaban J connectivity index is 1.81. The van der Waals surface area contributed by atoms with Crippen molar-refractivity contribution in [3.05, 3.63) is 35.4 Å². The molecular formula is C13H16N2. The lowest BCUT2D eigenvalue weighted by Gasteiger charge is -2.33. The van der Waals surface area contributed by atoms with Crippen molar-refractivity contribution in [3.8, 4) is 6.07 Å². The van der Waals surface area contributed by atoms with Crippen molar-refractivity contribution in [1.29, 1.82) is 5.26 Å². The average molecular weight is 200 g/mol. The van der Waals surface area contributed by atoms with Gasteiger partial charge in [0.1, 0.15) is 0 Å². The van der Waals surface area contributed by atoms with Crippen LogP contribution in [0.5, 0.6) is 0 Å². The van der Waals surface area contributed by atoms with Gasteiger partial charge in [0.05, 0.1) is 11.6 Å². The van der Waals surface area contributed by atoms with Crippen LogP contribution in [0.25, 0.3) is 0 Å². The highest BCUT2D eigenvalue weighted by atomic mass is 14.9. The summed E-state index contributed by atoms with van der Waals surface area (Å²) in [4.78, 5) is 0. The molecule has 1 fully saturated rings. The second-order valence-electron chi connectivity index (χ2n) is 4.46. The Bertz CT molecular complexity index is 355. The Morgan fingerprint density at radius 3 is 2.53 bits per heavy atom. The van der Waals surface area contributed by atoms with Crippen molar-refractivity contribution in [2.45, 2.75) is 32.4 Å². The SMILES string of the molecule is CC1CC(NCc2ccc(C#N)cc2)C1. The van der Waals surface area contributed by atoms with Crippen molar-refractivity contribution in [1.82, 2.24) is 5.32 Å². The number of hydrogen-bond donors (Lipinski definition) is 1. The number of rotatable bonds is 3. The Kier molecular flexibility index (Phi) is 3.03. The molecule has 0 amide bonds. The molecule has 0 aliphatic heterocycles. The van der Waals surface area contributed by atoms with Crippen LogP contribution in [0.3, 0.4) is 0 Å². The van der Waals surface area contributed by atoms with Gasteiger partial charge >= 0.3 is 0 Å². The second kappa shape index (κ2) is 4.46. The first kappa shape index (κ1) is 10.2. The van der Waals surface area contributed by atoms with Gasteiger partial charge in [-0.25, -0.2) is 0 Å². The number of nitrogens with one attached hydrogen (secondary N) is 1. The van der Waals surface area contributed by atoms with Gasteiger partial charge in [-0.1, -0.05) is 19.1 Å². The highest BCUT2D eigenvalue weighted by Crippen LogP contribution is 2.26. The maximum Gasteiger partial charge on any atom is 0.0991 e. The predicted molar refractivity (Wildman–Crippen MR) is 60.2 cm³/mol. The Morgan fingerprint density at radius 1 is 1.33 bits per heavy atom. The van der Waals surface area contributed by atoms with Crippen molar-refractivity contribution >= 4 is 0 Å². The van der Waals surface area contributed by atoms with E-state index in [1.807, 2.05) is 24.3 Å². The fraction of sp³-hybridized carbons (Fsp3) is 0.462. The molecule has 2 rings (SSSR count). The van der Waals surface area contributed by atoms with E-state index in [-0.39, 0.29) is 0 Å². The lowest BCUT2D eigenvalue weighted by Crippen LogP contribution is -2.39. The number of nitriles is 1. The number of hydrogen-bond acceptors (Lipinski definition) is 2. The van der Waals surface area contributed by atoms with E-state index in [4.69, 9.17) is 5.26 Å². The first-order valence-corrected chi connectivity index (χ1v) is 5.50. The molecule has 0 heterocycles. The molecule has 0 aromatic heterocycles. The fourth-order valence-corrected chi connectivity index (χ4v) is 2.03. The summed E-state index contributed by atoms with van der Waals surface area (Å²) in [5.41, 5.74) is 1.99. The van der Waals surface area contributed by atoms with Crippen LogP contribution in [0.15, 0.2) is 24.3 Å². The van der Waals surface area contributed by atoms with Gasteiger partial charge in [0.15, 0.2) is 0 Å². The molecule has 1 aromatic rings. The molecule has 1 aromatic carbocycles. The van der Waals surface area contributed by atoms with Crippen molar-refractivity contribution in [3.63, 3.8) is 0 Å². The Labute approximate surface area is 90.9 Å². The van der Waals surface area contributed by atoms with Crippen LogP contribution in [-0.2, 0) is 6.54 Å². The molecule has 0 spiro atoms. The smallest absolute Gasteiger partial charge is 0.0991 e. The molecule has 78 valence electrons. The molecule has 1 aliphatic rings. The van der Waals surface area contributed by atoms with E-state index in [9.17, 15) is 0 Å². The van der Waals surface area contributed by atoms with Gasteiger partial charge in [0, 0.05) is 12.6 Å². The van der Waals surface area contributed by atoms with Gasteiger partial charge < -0.3 is 5.32 Å². The summed E-state index contributed by atoms with van der Waals surface area (Å²) in [5.74, 6) is 0.892. The molecule has 1 N–H and O–H groups in total. The summed E-state index contributed by atoms with van der Waals surface area (Å²) >= 11 is 0. The highest BCUT2D eigenvalue weighted by Gasteiger charge is 2.24. The van der Waals surface area contributed by atoms with E-state index in [1.54, 1.807) is 0 Å². The van der Waals surface area contributed by atoms with E-state index in [0.29, 0.717) is 6.04 Å². The van der Waals surface area contributed by atoms with Crippen LogP contribution in [0.2, 0.25) is 0 Å². The summed E-state index contributed by atoms with van der Waals surface area (Å²) < 4.78 is 0. The molecule has 2 heteroatoms. The van der Waals surface area contributed by atoms with E-state index in [2.05, 4.69) is 18.3 Å². The zero-order valence-corrected chi connectivity index (χ0v) is 9.03. The topological polar surface area (TPSA) is 35.8 Å². The van der Waals surface area contributed by atoms with Gasteiger partial charge in [0.2, 0.25) is 0 Å². The quantitative estimate of drug-likeness (QED) is 0.813. The van der Waals surface area contributed by atoms with Gasteiger partial charge in [-0.3, -0.25) is 0 Å². The van der Waals surface area contributed by atoms with E-state index in [1.165, 1.54) is 18.4 Å². The van der Waals surface area contributed by atoms with Crippen LogP contribution < -0.4 is 5.32 Å². The van der Waals surface area contributed by atoms with Crippen LogP contribution in [0.4, 0.5) is 0 Å². The van der Waals surface area contributed by atoms with Gasteiger partial charge in [0.25, 0.3) is 0 Å². The monoisotopic (exact) mass is 200 g/mol. The minimum absolute atomic E-state index is 0.704. The summed E-state index contributed by atoms with van der Waals surface area (Å²) in [6.07, 6.45) is 2.60. The molecule has 15 heavy (non-hydrogen) atoms. The molecule has 0 bridgehead atoms. The third-order valence-corrected chi connectivity index (χ3v) is 3.05. The number of nitrogens with zero attached hydrogens (tertiary/aromatic N) is 1. The minimum atomic E-state index is 0.704. The van der Waals surface area contributed by atoms with Crippen molar-refractivity contribution < 1.29 is 0 Å². The maximum atomic E-state index is 8.66. The van der Waals surface area contributed by atoms with Crippen LogP contribution in [0, 0.1) is 17.2 Å². The summed E-state index contributed by atoms with van der Waals surface area (Å²) in [6.45, 7) is 3.21. The highest BCUT2D eigenvalue weighted by molar-refractivity contribution is 5.31. The zero-order chi connectivity index (χ0) is 10.7. The minimum Gasteiger partial charge on any atom is -0.310 e. The molecule has 1 aliphatic carbocycles. The normalized spacial score (nSPS) is 24.3. The largest absolute Gasteiger partial charge is 0.310 e. The second-order valence-corrected chi connectivity index (χ2v) is 4.46. The lowest BCUT2D eigenvalue weighted by molar-refractivity contribution is 0.240. The number of benzene rings is 1. The average Bonchev–Trinajstić information content (AvgIpc) is 2.23. The molecule has 0 unspecified atom stereocenters.